The molecule has 3 rings (SSSR count). The maximum atomic E-state index is 12.6. The number of fused-ring (bicyclic) bond motifs is 1. The Balaban J connectivity index is 2.11. The Morgan fingerprint density at radius 3 is 2.59 bits per heavy atom. The van der Waals surface area contributed by atoms with E-state index in [-0.39, 0.29) is 34.4 Å². The highest BCUT2D eigenvalue weighted by atomic mass is 32.2. The maximum Gasteiger partial charge on any atom is 0.329 e. The van der Waals surface area contributed by atoms with E-state index in [4.69, 9.17) is 0 Å². The van der Waals surface area contributed by atoms with Crippen molar-refractivity contribution in [3.05, 3.63) is 56.7 Å². The van der Waals surface area contributed by atoms with E-state index in [0.717, 1.165) is 11.8 Å². The number of ketones is 1. The van der Waals surface area contributed by atoms with E-state index < -0.39 is 17.2 Å². The Morgan fingerprint density at radius 2 is 1.93 bits per heavy atom. The van der Waals surface area contributed by atoms with Gasteiger partial charge in [0.2, 0.25) is 0 Å². The van der Waals surface area contributed by atoms with Gasteiger partial charge in [-0.05, 0) is 0 Å². The third kappa shape index (κ3) is 3.70. The number of hydrogen-bond acceptors (Lipinski definition) is 7. The van der Waals surface area contributed by atoms with Gasteiger partial charge >= 0.3 is 11.7 Å². The molecule has 9 nitrogen and oxygen atoms in total. The molecular weight excluding hydrogens is 372 g/mol. The number of thioether (sulfide) groups is 1. The van der Waals surface area contributed by atoms with Crippen LogP contribution in [-0.2, 0) is 23.1 Å². The monoisotopic (exact) mass is 388 g/mol. The second-order valence-electron chi connectivity index (χ2n) is 5.63. The van der Waals surface area contributed by atoms with Crippen LogP contribution in [-0.4, -0.2) is 43.7 Å². The van der Waals surface area contributed by atoms with Gasteiger partial charge in [0.05, 0.1) is 19.4 Å². The van der Waals surface area contributed by atoms with Crippen LogP contribution < -0.4 is 11.2 Å². The van der Waals surface area contributed by atoms with Crippen molar-refractivity contribution in [2.45, 2.75) is 11.7 Å². The van der Waals surface area contributed by atoms with Gasteiger partial charge in [-0.15, -0.1) is 0 Å². The van der Waals surface area contributed by atoms with E-state index in [1.807, 2.05) is 0 Å². The molecule has 1 N–H and O–H groups in total. The van der Waals surface area contributed by atoms with E-state index in [9.17, 15) is 19.2 Å². The number of nitrogens with zero attached hydrogens (tertiary/aromatic N) is 3. The molecule has 2 aromatic heterocycles. The van der Waals surface area contributed by atoms with E-state index in [0.29, 0.717) is 5.56 Å². The maximum absolute atomic E-state index is 12.6. The molecular formula is C17H16N4O5S. The van der Waals surface area contributed by atoms with Gasteiger partial charge in [0.15, 0.2) is 22.1 Å². The van der Waals surface area contributed by atoms with Crippen molar-refractivity contribution in [3.8, 4) is 0 Å². The van der Waals surface area contributed by atoms with Crippen molar-refractivity contribution in [2.75, 3.05) is 12.9 Å². The lowest BCUT2D eigenvalue weighted by Gasteiger charge is -2.07. The van der Waals surface area contributed by atoms with Gasteiger partial charge in [-0.1, -0.05) is 42.1 Å². The number of carbonyl (C=O) groups excluding carboxylic acids is 2. The predicted molar refractivity (Wildman–Crippen MR) is 99.1 cm³/mol. The van der Waals surface area contributed by atoms with Crippen LogP contribution in [0.25, 0.3) is 11.2 Å². The van der Waals surface area contributed by atoms with Gasteiger partial charge < -0.3 is 9.30 Å². The molecule has 0 aliphatic heterocycles. The second-order valence-corrected chi connectivity index (χ2v) is 6.57. The normalized spacial score (nSPS) is 10.9. The van der Waals surface area contributed by atoms with Crippen LogP contribution >= 0.6 is 11.8 Å². The number of carbonyl (C=O) groups is 2. The van der Waals surface area contributed by atoms with Crippen molar-refractivity contribution in [1.29, 1.82) is 0 Å². The lowest BCUT2D eigenvalue weighted by Crippen LogP contribution is -2.29. The van der Waals surface area contributed by atoms with E-state index in [2.05, 4.69) is 14.7 Å². The summed E-state index contributed by atoms with van der Waals surface area (Å²) in [6, 6.07) is 8.61. The Bertz CT molecular complexity index is 1130. The highest BCUT2D eigenvalue weighted by Crippen LogP contribution is 2.22. The van der Waals surface area contributed by atoms with Crippen LogP contribution in [0.3, 0.4) is 0 Å². The zero-order valence-electron chi connectivity index (χ0n) is 14.6. The smallest absolute Gasteiger partial charge is 0.329 e. The first-order valence-corrected chi connectivity index (χ1v) is 8.88. The van der Waals surface area contributed by atoms with Crippen LogP contribution in [0.2, 0.25) is 0 Å². The van der Waals surface area contributed by atoms with Crippen LogP contribution in [0.1, 0.15) is 10.4 Å². The molecule has 140 valence electrons. The molecule has 0 saturated carbocycles. The molecule has 0 fully saturated rings. The summed E-state index contributed by atoms with van der Waals surface area (Å²) in [7, 11) is 2.73. The summed E-state index contributed by atoms with van der Waals surface area (Å²) in [6.45, 7) is -0.161. The zero-order valence-corrected chi connectivity index (χ0v) is 15.4. The van der Waals surface area contributed by atoms with Gasteiger partial charge in [-0.2, -0.15) is 0 Å². The fraction of sp³-hybridized carbons (Fsp3) is 0.235. The first kappa shape index (κ1) is 18.6. The molecule has 0 aliphatic carbocycles. The minimum atomic E-state index is -0.647. The first-order chi connectivity index (χ1) is 12.9. The Morgan fingerprint density at radius 1 is 1.22 bits per heavy atom. The van der Waals surface area contributed by atoms with E-state index >= 15 is 0 Å². The fourth-order valence-corrected chi connectivity index (χ4v) is 3.34. The molecule has 10 heteroatoms. The molecule has 1 aromatic carbocycles. The third-order valence-corrected chi connectivity index (χ3v) is 4.87. The lowest BCUT2D eigenvalue weighted by atomic mass is 10.1. The molecule has 0 spiro atoms. The van der Waals surface area contributed by atoms with Gasteiger partial charge in [0, 0.05) is 12.6 Å². The highest BCUT2D eigenvalue weighted by molar-refractivity contribution is 7.99. The second kappa shape index (κ2) is 7.62. The standard InChI is InChI=1S/C17H16N4O5S/c1-20-14-13(15(24)19-16(20)25)21(17(18-14)27-9-12(23)26-2)8-11(22)10-6-4-3-5-7-10/h3-7H,8-9H2,1-2H3,(H,19,24,25). The molecule has 0 aliphatic rings. The number of ether oxygens (including phenoxy) is 1. The van der Waals surface area contributed by atoms with Crippen molar-refractivity contribution in [1.82, 2.24) is 19.1 Å². The number of aromatic nitrogens is 4. The summed E-state index contributed by atoms with van der Waals surface area (Å²) >= 11 is 1.02. The molecule has 0 bridgehead atoms. The average molecular weight is 388 g/mol. The largest absolute Gasteiger partial charge is 0.468 e. The number of esters is 1. The van der Waals surface area contributed by atoms with Crippen molar-refractivity contribution >= 4 is 34.7 Å². The van der Waals surface area contributed by atoms with Crippen molar-refractivity contribution < 1.29 is 14.3 Å². The molecule has 0 atom stereocenters. The third-order valence-electron chi connectivity index (χ3n) is 3.92. The number of methoxy groups -OCH3 is 1. The number of aromatic amines is 1. The number of H-pyrrole nitrogens is 1. The summed E-state index contributed by atoms with van der Waals surface area (Å²) in [6.07, 6.45) is 0. The van der Waals surface area contributed by atoms with Crippen LogP contribution in [0.4, 0.5) is 0 Å². The molecule has 0 radical (unpaired) electrons. The number of rotatable bonds is 6. The summed E-state index contributed by atoms with van der Waals surface area (Å²) in [5, 5.41) is 0.270. The summed E-state index contributed by atoms with van der Waals surface area (Å²) < 4.78 is 7.21. The minimum Gasteiger partial charge on any atom is -0.468 e. The predicted octanol–water partition coefficient (Wildman–Crippen LogP) is 0.571. The highest BCUT2D eigenvalue weighted by Gasteiger charge is 2.21. The number of benzene rings is 1. The number of nitrogens with one attached hydrogen (secondary N) is 1. The molecule has 0 saturated heterocycles. The minimum absolute atomic E-state index is 0.0504. The quantitative estimate of drug-likeness (QED) is 0.373. The van der Waals surface area contributed by atoms with E-state index in [1.54, 1.807) is 30.3 Å². The number of Topliss-reactive ketones (excluding diaryl/α,β-unsaturated/α-hetero) is 1. The molecule has 3 aromatic rings. The van der Waals surface area contributed by atoms with Gasteiger partial charge in [0.25, 0.3) is 5.56 Å². The summed E-state index contributed by atoms with van der Waals surface area (Å²) in [5.74, 6) is -0.760. The number of hydrogen-bond donors (Lipinski definition) is 1. The van der Waals surface area contributed by atoms with Crippen LogP contribution in [0.15, 0.2) is 45.1 Å². The molecule has 2 heterocycles. The number of aryl methyl sites for hydroxylation is 1. The fourth-order valence-electron chi connectivity index (χ4n) is 2.51. The lowest BCUT2D eigenvalue weighted by molar-refractivity contribution is -0.137. The van der Waals surface area contributed by atoms with Crippen molar-refractivity contribution in [3.63, 3.8) is 0 Å². The molecule has 0 unspecified atom stereocenters. The SMILES string of the molecule is COC(=O)CSc1nc2c(c(=O)[nH]c(=O)n2C)n1CC(=O)c1ccccc1. The Labute approximate surface area is 157 Å². The van der Waals surface area contributed by atoms with Crippen LogP contribution in [0.5, 0.6) is 0 Å². The average Bonchev–Trinajstić information content (AvgIpc) is 3.03. The summed E-state index contributed by atoms with van der Waals surface area (Å²) in [4.78, 5) is 54.8. The molecule has 0 amide bonds. The van der Waals surface area contributed by atoms with Gasteiger partial charge in [-0.3, -0.25) is 23.9 Å². The Hall–Kier alpha value is -3.14. The topological polar surface area (TPSA) is 116 Å². The molecule has 27 heavy (non-hydrogen) atoms. The van der Waals surface area contributed by atoms with Gasteiger partial charge in [-0.25, -0.2) is 9.78 Å². The van der Waals surface area contributed by atoms with Crippen molar-refractivity contribution in [2.24, 2.45) is 7.05 Å². The van der Waals surface area contributed by atoms with Crippen LogP contribution in [0, 0.1) is 0 Å². The summed E-state index contributed by atoms with van der Waals surface area (Å²) in [5.41, 5.74) is -0.558. The first-order valence-electron chi connectivity index (χ1n) is 7.89. The van der Waals surface area contributed by atoms with Gasteiger partial charge in [0.1, 0.15) is 0 Å². The van der Waals surface area contributed by atoms with E-state index in [1.165, 1.54) is 23.3 Å². The zero-order chi connectivity index (χ0) is 19.6. The number of imidazole rings is 1. The Kier molecular flexibility index (Phi) is 5.26.